The fraction of sp³-hybridized carbons (Fsp3) is 1.00. The second kappa shape index (κ2) is 8.06. The standard InChI is InChI=1S/C14H31NO2/c1-11(2)7-8-12(3)15-9-13(16)10-17-14(4,5)6/h11-13,15-16H,7-10H2,1-6H3/t12-,13-/m1/s1. The lowest BCUT2D eigenvalue weighted by molar-refractivity contribution is -0.0483. The van der Waals surface area contributed by atoms with E-state index in [1.165, 1.54) is 6.42 Å². The Labute approximate surface area is 107 Å². The van der Waals surface area contributed by atoms with Gasteiger partial charge in [0.1, 0.15) is 0 Å². The molecule has 0 radical (unpaired) electrons. The summed E-state index contributed by atoms with van der Waals surface area (Å²) in [4.78, 5) is 0. The van der Waals surface area contributed by atoms with E-state index >= 15 is 0 Å². The molecule has 0 amide bonds. The molecule has 0 rings (SSSR count). The van der Waals surface area contributed by atoms with Crippen molar-refractivity contribution in [2.45, 2.75) is 72.1 Å². The summed E-state index contributed by atoms with van der Waals surface area (Å²) < 4.78 is 5.53. The van der Waals surface area contributed by atoms with E-state index in [-0.39, 0.29) is 5.60 Å². The third kappa shape index (κ3) is 12.1. The van der Waals surface area contributed by atoms with Crippen LogP contribution in [0, 0.1) is 5.92 Å². The molecular formula is C14H31NO2. The summed E-state index contributed by atoms with van der Waals surface area (Å²) in [6.45, 7) is 13.6. The number of rotatable bonds is 8. The Kier molecular flexibility index (Phi) is 8.01. The summed E-state index contributed by atoms with van der Waals surface area (Å²) in [5, 5.41) is 13.1. The molecule has 0 aromatic heterocycles. The predicted octanol–water partition coefficient (Wildman–Crippen LogP) is 2.58. The van der Waals surface area contributed by atoms with Crippen LogP contribution in [-0.2, 0) is 4.74 Å². The molecule has 0 saturated carbocycles. The lowest BCUT2D eigenvalue weighted by atomic mass is 10.0. The number of aliphatic hydroxyl groups excluding tert-OH is 1. The van der Waals surface area contributed by atoms with Crippen LogP contribution in [0.15, 0.2) is 0 Å². The van der Waals surface area contributed by atoms with Gasteiger partial charge in [-0.2, -0.15) is 0 Å². The minimum absolute atomic E-state index is 0.176. The van der Waals surface area contributed by atoms with Crippen molar-refractivity contribution in [1.82, 2.24) is 5.32 Å². The van der Waals surface area contributed by atoms with E-state index in [0.717, 1.165) is 12.3 Å². The van der Waals surface area contributed by atoms with Gasteiger partial charge in [-0.15, -0.1) is 0 Å². The Morgan fingerprint density at radius 2 is 1.71 bits per heavy atom. The Balaban J connectivity index is 3.58. The van der Waals surface area contributed by atoms with Crippen LogP contribution in [-0.4, -0.2) is 36.0 Å². The molecule has 0 fully saturated rings. The van der Waals surface area contributed by atoms with E-state index in [1.54, 1.807) is 0 Å². The van der Waals surface area contributed by atoms with Gasteiger partial charge in [0, 0.05) is 12.6 Å². The molecule has 0 spiro atoms. The van der Waals surface area contributed by atoms with Crippen LogP contribution < -0.4 is 5.32 Å². The zero-order chi connectivity index (χ0) is 13.5. The van der Waals surface area contributed by atoms with Gasteiger partial charge in [-0.3, -0.25) is 0 Å². The van der Waals surface area contributed by atoms with E-state index < -0.39 is 6.10 Å². The maximum Gasteiger partial charge on any atom is 0.0898 e. The zero-order valence-corrected chi connectivity index (χ0v) is 12.4. The molecule has 0 aromatic rings. The van der Waals surface area contributed by atoms with Gasteiger partial charge in [-0.25, -0.2) is 0 Å². The highest BCUT2D eigenvalue weighted by molar-refractivity contribution is 4.67. The van der Waals surface area contributed by atoms with Crippen LogP contribution in [0.2, 0.25) is 0 Å². The molecule has 3 heteroatoms. The number of hydrogen-bond acceptors (Lipinski definition) is 3. The molecule has 0 bridgehead atoms. The van der Waals surface area contributed by atoms with Gasteiger partial charge in [0.2, 0.25) is 0 Å². The van der Waals surface area contributed by atoms with Crippen molar-refractivity contribution in [2.24, 2.45) is 5.92 Å². The second-order valence-electron chi connectivity index (χ2n) is 6.36. The number of aliphatic hydroxyl groups is 1. The maximum atomic E-state index is 9.75. The predicted molar refractivity (Wildman–Crippen MR) is 73.2 cm³/mol. The summed E-state index contributed by atoms with van der Waals surface area (Å²) in [7, 11) is 0. The Hall–Kier alpha value is -0.120. The third-order valence-corrected chi connectivity index (χ3v) is 2.59. The first kappa shape index (κ1) is 16.9. The molecule has 0 aliphatic heterocycles. The van der Waals surface area contributed by atoms with Crippen molar-refractivity contribution < 1.29 is 9.84 Å². The highest BCUT2D eigenvalue weighted by Crippen LogP contribution is 2.08. The molecular weight excluding hydrogens is 214 g/mol. The van der Waals surface area contributed by atoms with Crippen molar-refractivity contribution >= 4 is 0 Å². The van der Waals surface area contributed by atoms with Crippen LogP contribution in [0.25, 0.3) is 0 Å². The molecule has 104 valence electrons. The first-order valence-corrected chi connectivity index (χ1v) is 6.76. The van der Waals surface area contributed by atoms with Crippen molar-refractivity contribution in [3.63, 3.8) is 0 Å². The summed E-state index contributed by atoms with van der Waals surface area (Å²) in [6, 6.07) is 0.460. The molecule has 17 heavy (non-hydrogen) atoms. The minimum atomic E-state index is -0.421. The first-order valence-electron chi connectivity index (χ1n) is 6.76. The Morgan fingerprint density at radius 3 is 2.18 bits per heavy atom. The van der Waals surface area contributed by atoms with Crippen molar-refractivity contribution in [1.29, 1.82) is 0 Å². The van der Waals surface area contributed by atoms with E-state index in [1.807, 2.05) is 20.8 Å². The van der Waals surface area contributed by atoms with E-state index in [0.29, 0.717) is 19.2 Å². The fourth-order valence-electron chi connectivity index (χ4n) is 1.43. The normalized spacial score (nSPS) is 16.2. The van der Waals surface area contributed by atoms with E-state index in [2.05, 4.69) is 26.1 Å². The minimum Gasteiger partial charge on any atom is -0.389 e. The van der Waals surface area contributed by atoms with Crippen LogP contribution in [0.4, 0.5) is 0 Å². The van der Waals surface area contributed by atoms with E-state index in [9.17, 15) is 5.11 Å². The van der Waals surface area contributed by atoms with Gasteiger partial charge in [-0.1, -0.05) is 13.8 Å². The summed E-state index contributed by atoms with van der Waals surface area (Å²) >= 11 is 0. The Morgan fingerprint density at radius 1 is 1.12 bits per heavy atom. The quantitative estimate of drug-likeness (QED) is 0.690. The van der Waals surface area contributed by atoms with Crippen LogP contribution in [0.1, 0.15) is 54.4 Å². The summed E-state index contributed by atoms with van der Waals surface area (Å²) in [6.07, 6.45) is 1.96. The van der Waals surface area contributed by atoms with Crippen LogP contribution >= 0.6 is 0 Å². The topological polar surface area (TPSA) is 41.5 Å². The smallest absolute Gasteiger partial charge is 0.0898 e. The number of hydrogen-bond donors (Lipinski definition) is 2. The second-order valence-corrected chi connectivity index (χ2v) is 6.36. The van der Waals surface area contributed by atoms with Crippen molar-refractivity contribution in [3.8, 4) is 0 Å². The molecule has 3 nitrogen and oxygen atoms in total. The molecule has 2 atom stereocenters. The van der Waals surface area contributed by atoms with Crippen molar-refractivity contribution in [3.05, 3.63) is 0 Å². The average Bonchev–Trinajstić information content (AvgIpc) is 2.19. The van der Waals surface area contributed by atoms with Gasteiger partial charge in [0.05, 0.1) is 18.3 Å². The average molecular weight is 245 g/mol. The molecule has 0 unspecified atom stereocenters. The SMILES string of the molecule is CC(C)CC[C@@H](C)NC[C@@H](O)COC(C)(C)C. The number of nitrogens with one attached hydrogen (secondary N) is 1. The fourth-order valence-corrected chi connectivity index (χ4v) is 1.43. The molecule has 0 aliphatic carbocycles. The molecule has 2 N–H and O–H groups in total. The lowest BCUT2D eigenvalue weighted by Crippen LogP contribution is -2.37. The van der Waals surface area contributed by atoms with Gasteiger partial charge in [0.15, 0.2) is 0 Å². The monoisotopic (exact) mass is 245 g/mol. The maximum absolute atomic E-state index is 9.75. The highest BCUT2D eigenvalue weighted by Gasteiger charge is 2.14. The van der Waals surface area contributed by atoms with Gasteiger partial charge < -0.3 is 15.2 Å². The Bertz CT molecular complexity index is 187. The molecule has 0 heterocycles. The highest BCUT2D eigenvalue weighted by atomic mass is 16.5. The summed E-state index contributed by atoms with van der Waals surface area (Å²) in [5.74, 6) is 0.744. The van der Waals surface area contributed by atoms with E-state index in [4.69, 9.17) is 4.74 Å². The number of ether oxygens (including phenoxy) is 1. The molecule has 0 saturated heterocycles. The summed E-state index contributed by atoms with van der Waals surface area (Å²) in [5.41, 5.74) is -0.176. The molecule has 0 aliphatic rings. The third-order valence-electron chi connectivity index (χ3n) is 2.59. The van der Waals surface area contributed by atoms with Gasteiger partial charge in [0.25, 0.3) is 0 Å². The van der Waals surface area contributed by atoms with Crippen LogP contribution in [0.3, 0.4) is 0 Å². The largest absolute Gasteiger partial charge is 0.389 e. The van der Waals surface area contributed by atoms with Gasteiger partial charge in [-0.05, 0) is 46.5 Å². The van der Waals surface area contributed by atoms with Gasteiger partial charge >= 0.3 is 0 Å². The first-order chi connectivity index (χ1) is 7.70. The lowest BCUT2D eigenvalue weighted by Gasteiger charge is -2.23. The zero-order valence-electron chi connectivity index (χ0n) is 12.4. The van der Waals surface area contributed by atoms with Crippen LogP contribution in [0.5, 0.6) is 0 Å². The van der Waals surface area contributed by atoms with Crippen molar-refractivity contribution in [2.75, 3.05) is 13.2 Å². The molecule has 0 aromatic carbocycles.